The lowest BCUT2D eigenvalue weighted by Gasteiger charge is -2.51. The second-order valence-corrected chi connectivity index (χ2v) is 10.9. The Hall–Kier alpha value is -3.77. The van der Waals surface area contributed by atoms with Gasteiger partial charge in [-0.3, -0.25) is 14.6 Å². The van der Waals surface area contributed by atoms with E-state index in [0.717, 1.165) is 0 Å². The van der Waals surface area contributed by atoms with E-state index in [1.54, 1.807) is 24.3 Å². The quantitative estimate of drug-likeness (QED) is 0.510. The molecule has 1 spiro atoms. The molecular formula is C24H21FN4O6S. The Labute approximate surface area is 206 Å². The van der Waals surface area contributed by atoms with Gasteiger partial charge in [-0.25, -0.2) is 22.6 Å². The SMILES string of the molecule is O=C1Oc2cc(Oc3cnccn3)ccc2C2(COC2)N1Cc1cccc(NS(=O)(=O)C2CC2)c1F. The molecule has 0 bridgehead atoms. The molecule has 10 nitrogen and oxygen atoms in total. The number of amides is 1. The van der Waals surface area contributed by atoms with Gasteiger partial charge < -0.3 is 14.2 Å². The number of carbonyl (C=O) groups is 1. The first kappa shape index (κ1) is 22.7. The maximum Gasteiger partial charge on any atom is 0.416 e. The topological polar surface area (TPSA) is 120 Å². The molecule has 3 aromatic rings. The molecule has 1 saturated carbocycles. The van der Waals surface area contributed by atoms with Crippen molar-refractivity contribution in [2.45, 2.75) is 30.2 Å². The highest BCUT2D eigenvalue weighted by molar-refractivity contribution is 7.93. The van der Waals surface area contributed by atoms with Crippen LogP contribution in [0.1, 0.15) is 24.0 Å². The van der Waals surface area contributed by atoms with E-state index in [0.29, 0.717) is 29.9 Å². The normalized spacial score (nSPS) is 18.2. The number of benzene rings is 2. The summed E-state index contributed by atoms with van der Waals surface area (Å²) in [4.78, 5) is 22.6. The van der Waals surface area contributed by atoms with E-state index < -0.39 is 32.7 Å². The Morgan fingerprint density at radius 3 is 2.72 bits per heavy atom. The molecule has 1 aliphatic carbocycles. The van der Waals surface area contributed by atoms with Crippen molar-refractivity contribution in [3.63, 3.8) is 0 Å². The second kappa shape index (κ2) is 8.42. The molecule has 1 N–H and O–H groups in total. The minimum Gasteiger partial charge on any atom is -0.437 e. The van der Waals surface area contributed by atoms with Crippen molar-refractivity contribution < 1.29 is 31.8 Å². The fourth-order valence-electron chi connectivity index (χ4n) is 4.35. The van der Waals surface area contributed by atoms with Crippen LogP contribution in [0.2, 0.25) is 0 Å². The van der Waals surface area contributed by atoms with Crippen molar-refractivity contribution in [1.82, 2.24) is 14.9 Å². The molecule has 1 amide bonds. The predicted octanol–water partition coefficient (Wildman–Crippen LogP) is 3.55. The summed E-state index contributed by atoms with van der Waals surface area (Å²) in [5.41, 5.74) is -0.146. The average molecular weight is 513 g/mol. The first-order valence-corrected chi connectivity index (χ1v) is 12.8. The van der Waals surface area contributed by atoms with Gasteiger partial charge in [-0.1, -0.05) is 12.1 Å². The summed E-state index contributed by atoms with van der Waals surface area (Å²) in [6.07, 6.45) is 4.93. The van der Waals surface area contributed by atoms with Gasteiger partial charge >= 0.3 is 6.09 Å². The fraction of sp³-hybridized carbons (Fsp3) is 0.292. The number of anilines is 1. The number of nitrogens with zero attached hydrogens (tertiary/aromatic N) is 3. The summed E-state index contributed by atoms with van der Waals surface area (Å²) < 4.78 is 59.1. The van der Waals surface area contributed by atoms with E-state index in [-0.39, 0.29) is 36.9 Å². The first-order valence-electron chi connectivity index (χ1n) is 11.3. The zero-order valence-corrected chi connectivity index (χ0v) is 19.7. The second-order valence-electron chi connectivity index (χ2n) is 8.91. The van der Waals surface area contributed by atoms with Gasteiger partial charge in [0.05, 0.1) is 36.9 Å². The van der Waals surface area contributed by atoms with Gasteiger partial charge in [0, 0.05) is 29.6 Å². The molecule has 2 aliphatic heterocycles. The van der Waals surface area contributed by atoms with E-state index in [1.165, 1.54) is 35.6 Å². The molecule has 186 valence electrons. The zero-order chi connectivity index (χ0) is 24.9. The number of nitrogens with one attached hydrogen (secondary N) is 1. The number of rotatable bonds is 7. The van der Waals surface area contributed by atoms with Gasteiger partial charge in [-0.2, -0.15) is 0 Å². The number of sulfonamides is 1. The minimum absolute atomic E-state index is 0.135. The highest BCUT2D eigenvalue weighted by atomic mass is 32.2. The van der Waals surface area contributed by atoms with Gasteiger partial charge in [0.15, 0.2) is 5.82 Å². The third-order valence-electron chi connectivity index (χ3n) is 6.45. The van der Waals surface area contributed by atoms with Crippen LogP contribution in [0.25, 0.3) is 0 Å². The Morgan fingerprint density at radius 2 is 2.03 bits per heavy atom. The molecule has 0 radical (unpaired) electrons. The van der Waals surface area contributed by atoms with Crippen molar-refractivity contribution >= 4 is 21.8 Å². The Kier molecular flexibility index (Phi) is 5.30. The van der Waals surface area contributed by atoms with Gasteiger partial charge in [0.25, 0.3) is 0 Å². The van der Waals surface area contributed by atoms with E-state index in [1.807, 2.05) is 0 Å². The maximum absolute atomic E-state index is 15.3. The van der Waals surface area contributed by atoms with E-state index in [2.05, 4.69) is 14.7 Å². The van der Waals surface area contributed by atoms with Gasteiger partial charge in [-0.15, -0.1) is 0 Å². The highest BCUT2D eigenvalue weighted by Crippen LogP contribution is 2.47. The molecule has 36 heavy (non-hydrogen) atoms. The average Bonchev–Trinajstić information content (AvgIpc) is 3.68. The third kappa shape index (κ3) is 3.91. The fourth-order valence-corrected chi connectivity index (χ4v) is 5.74. The van der Waals surface area contributed by atoms with Gasteiger partial charge in [0.1, 0.15) is 17.0 Å². The van der Waals surface area contributed by atoms with E-state index >= 15 is 4.39 Å². The number of fused-ring (bicyclic) bond motifs is 2. The van der Waals surface area contributed by atoms with Crippen LogP contribution in [-0.4, -0.2) is 47.8 Å². The lowest BCUT2D eigenvalue weighted by molar-refractivity contribution is -0.143. The summed E-state index contributed by atoms with van der Waals surface area (Å²) in [5.74, 6) is 0.277. The summed E-state index contributed by atoms with van der Waals surface area (Å²) in [7, 11) is -3.64. The van der Waals surface area contributed by atoms with Crippen molar-refractivity contribution in [2.24, 2.45) is 0 Å². The van der Waals surface area contributed by atoms with Crippen LogP contribution in [0, 0.1) is 5.82 Å². The number of aromatic nitrogens is 2. The van der Waals surface area contributed by atoms with Crippen molar-refractivity contribution in [3.8, 4) is 17.4 Å². The predicted molar refractivity (Wildman–Crippen MR) is 125 cm³/mol. The van der Waals surface area contributed by atoms with Gasteiger partial charge in [0.2, 0.25) is 15.9 Å². The number of hydrogen-bond acceptors (Lipinski definition) is 8. The summed E-state index contributed by atoms with van der Waals surface area (Å²) in [5, 5.41) is -0.493. The van der Waals surface area contributed by atoms with Crippen LogP contribution < -0.4 is 14.2 Å². The molecule has 6 rings (SSSR count). The molecule has 1 saturated heterocycles. The van der Waals surface area contributed by atoms with Crippen LogP contribution in [-0.2, 0) is 26.8 Å². The Balaban J connectivity index is 1.28. The van der Waals surface area contributed by atoms with Crippen LogP contribution >= 0.6 is 0 Å². The van der Waals surface area contributed by atoms with Crippen molar-refractivity contribution in [2.75, 3.05) is 17.9 Å². The summed E-state index contributed by atoms with van der Waals surface area (Å²) in [6, 6.07) is 9.51. The largest absolute Gasteiger partial charge is 0.437 e. The number of halogens is 1. The minimum atomic E-state index is -3.64. The zero-order valence-electron chi connectivity index (χ0n) is 18.9. The number of ether oxygens (including phenoxy) is 3. The molecule has 12 heteroatoms. The van der Waals surface area contributed by atoms with Crippen LogP contribution in [0.4, 0.5) is 14.9 Å². The Bertz CT molecular complexity index is 1440. The monoisotopic (exact) mass is 512 g/mol. The molecule has 2 aromatic carbocycles. The summed E-state index contributed by atoms with van der Waals surface area (Å²) >= 11 is 0. The molecular weight excluding hydrogens is 491 g/mol. The molecule has 3 heterocycles. The molecule has 2 fully saturated rings. The summed E-state index contributed by atoms with van der Waals surface area (Å²) in [6.45, 7) is 0.272. The third-order valence-corrected chi connectivity index (χ3v) is 8.31. The lowest BCUT2D eigenvalue weighted by atomic mass is 9.84. The lowest BCUT2D eigenvalue weighted by Crippen LogP contribution is -2.63. The number of hydrogen-bond donors (Lipinski definition) is 1. The molecule has 3 aliphatic rings. The smallest absolute Gasteiger partial charge is 0.416 e. The maximum atomic E-state index is 15.3. The van der Waals surface area contributed by atoms with Gasteiger partial charge in [-0.05, 0) is 31.0 Å². The van der Waals surface area contributed by atoms with E-state index in [9.17, 15) is 13.2 Å². The Morgan fingerprint density at radius 1 is 1.19 bits per heavy atom. The standard InChI is InChI=1S/C24H21FN4O6S/c25-22-15(2-1-3-19(22)28-36(31,32)17-5-6-17)12-29-23(30)35-20-10-16(34-21-11-26-8-9-27-21)4-7-18(20)24(29)13-33-14-24/h1-4,7-11,17,28H,5-6,12-14H2. The first-order chi connectivity index (χ1) is 17.4. The van der Waals surface area contributed by atoms with Crippen LogP contribution in [0.5, 0.6) is 17.4 Å². The molecule has 1 aromatic heterocycles. The van der Waals surface area contributed by atoms with Crippen LogP contribution in [0.3, 0.4) is 0 Å². The van der Waals surface area contributed by atoms with Crippen molar-refractivity contribution in [1.29, 1.82) is 0 Å². The van der Waals surface area contributed by atoms with E-state index in [4.69, 9.17) is 14.2 Å². The molecule has 0 atom stereocenters. The van der Waals surface area contributed by atoms with Crippen LogP contribution in [0.15, 0.2) is 55.0 Å². The highest BCUT2D eigenvalue weighted by Gasteiger charge is 2.53. The number of carbonyl (C=O) groups excluding carboxylic acids is 1. The molecule has 0 unspecified atom stereocenters. The van der Waals surface area contributed by atoms with Crippen molar-refractivity contribution in [3.05, 3.63) is 71.9 Å².